The lowest BCUT2D eigenvalue weighted by atomic mass is 9.98. The van der Waals surface area contributed by atoms with Crippen molar-refractivity contribution in [2.24, 2.45) is 0 Å². The van der Waals surface area contributed by atoms with Crippen LogP contribution in [0.15, 0.2) is 47.7 Å². The number of hydrogen-bond acceptors (Lipinski definition) is 2. The van der Waals surface area contributed by atoms with Gasteiger partial charge in [-0.25, -0.2) is 0 Å². The molecule has 0 aromatic heterocycles. The lowest BCUT2D eigenvalue weighted by Crippen LogP contribution is -1.94. The third-order valence-electron chi connectivity index (χ3n) is 2.56. The van der Waals surface area contributed by atoms with Crippen molar-refractivity contribution >= 4 is 22.4 Å². The van der Waals surface area contributed by atoms with Gasteiger partial charge in [0.2, 0.25) is 0 Å². The number of aliphatic hydroxyl groups is 1. The first kappa shape index (κ1) is 13.5. The SMILES string of the molecule is CC/C(C)=C(\C=C(/O)C(=O)Cl)c1ccccc1. The lowest BCUT2D eigenvalue weighted by Gasteiger charge is -2.07. The van der Waals surface area contributed by atoms with Crippen molar-refractivity contribution in [2.75, 3.05) is 0 Å². The Kier molecular flexibility index (Phi) is 4.98. The van der Waals surface area contributed by atoms with Gasteiger partial charge in [0.05, 0.1) is 0 Å². The van der Waals surface area contributed by atoms with E-state index < -0.39 is 11.0 Å². The van der Waals surface area contributed by atoms with E-state index in [0.29, 0.717) is 0 Å². The van der Waals surface area contributed by atoms with E-state index in [1.54, 1.807) is 0 Å². The van der Waals surface area contributed by atoms with Gasteiger partial charge in [-0.1, -0.05) is 42.8 Å². The van der Waals surface area contributed by atoms with Gasteiger partial charge >= 0.3 is 0 Å². The topological polar surface area (TPSA) is 37.3 Å². The summed E-state index contributed by atoms with van der Waals surface area (Å²) >= 11 is 5.23. The van der Waals surface area contributed by atoms with Gasteiger partial charge in [0.15, 0.2) is 5.76 Å². The zero-order chi connectivity index (χ0) is 12.8. The van der Waals surface area contributed by atoms with Crippen molar-refractivity contribution in [3.05, 3.63) is 53.3 Å². The maximum Gasteiger partial charge on any atom is 0.286 e. The Morgan fingerprint density at radius 3 is 2.41 bits per heavy atom. The fourth-order valence-electron chi connectivity index (χ4n) is 1.45. The molecule has 0 spiro atoms. The summed E-state index contributed by atoms with van der Waals surface area (Å²) in [4.78, 5) is 10.8. The molecule has 0 saturated carbocycles. The van der Waals surface area contributed by atoms with Crippen LogP contribution in [-0.2, 0) is 4.79 Å². The average Bonchev–Trinajstić information content (AvgIpc) is 2.35. The van der Waals surface area contributed by atoms with E-state index in [1.165, 1.54) is 6.08 Å². The van der Waals surface area contributed by atoms with Gasteiger partial charge in [-0.05, 0) is 42.2 Å². The molecule has 0 fully saturated rings. The number of rotatable bonds is 4. The van der Waals surface area contributed by atoms with Crippen LogP contribution in [0.25, 0.3) is 5.57 Å². The summed E-state index contributed by atoms with van der Waals surface area (Å²) in [5, 5.41) is 8.60. The Morgan fingerprint density at radius 2 is 1.94 bits per heavy atom. The normalized spacial score (nSPS) is 13.2. The molecule has 1 rings (SSSR count). The zero-order valence-electron chi connectivity index (χ0n) is 9.90. The number of allylic oxidation sites excluding steroid dienone is 4. The maximum atomic E-state index is 10.8. The number of halogens is 1. The smallest absolute Gasteiger partial charge is 0.286 e. The third kappa shape index (κ3) is 3.75. The van der Waals surface area contributed by atoms with Crippen LogP contribution in [0.5, 0.6) is 0 Å². The number of carbonyl (C=O) groups excluding carboxylic acids is 1. The molecular weight excluding hydrogens is 236 g/mol. The third-order valence-corrected chi connectivity index (χ3v) is 2.75. The van der Waals surface area contributed by atoms with E-state index in [0.717, 1.165) is 23.1 Å². The molecular formula is C14H15ClO2. The molecule has 0 saturated heterocycles. The minimum absolute atomic E-state index is 0.432. The van der Waals surface area contributed by atoms with Gasteiger partial charge in [-0.2, -0.15) is 0 Å². The summed E-state index contributed by atoms with van der Waals surface area (Å²) in [7, 11) is 0. The Bertz CT molecular complexity index is 458. The van der Waals surface area contributed by atoms with E-state index >= 15 is 0 Å². The summed E-state index contributed by atoms with van der Waals surface area (Å²) in [5.41, 5.74) is 2.87. The molecule has 0 radical (unpaired) electrons. The number of carbonyl (C=O) groups is 1. The predicted octanol–water partition coefficient (Wildman–Crippen LogP) is 4.08. The summed E-state index contributed by atoms with van der Waals surface area (Å²) in [6, 6.07) is 9.59. The monoisotopic (exact) mass is 250 g/mol. The molecule has 1 aromatic rings. The van der Waals surface area contributed by atoms with Gasteiger partial charge in [0, 0.05) is 0 Å². The van der Waals surface area contributed by atoms with Crippen LogP contribution in [0.4, 0.5) is 0 Å². The highest BCUT2D eigenvalue weighted by atomic mass is 35.5. The standard InChI is InChI=1S/C14H15ClO2/c1-3-10(2)12(9-13(16)14(15)17)11-7-5-4-6-8-11/h4-9,16H,3H2,1-2H3/b12-10+,13-9-. The molecule has 0 unspecified atom stereocenters. The van der Waals surface area contributed by atoms with Crippen LogP contribution < -0.4 is 0 Å². The van der Waals surface area contributed by atoms with Crippen molar-refractivity contribution in [2.45, 2.75) is 20.3 Å². The Balaban J connectivity index is 3.26. The molecule has 1 aromatic carbocycles. The molecule has 0 amide bonds. The first-order valence-corrected chi connectivity index (χ1v) is 5.79. The van der Waals surface area contributed by atoms with Crippen LogP contribution >= 0.6 is 11.6 Å². The van der Waals surface area contributed by atoms with Gasteiger partial charge in [-0.3, -0.25) is 4.79 Å². The van der Waals surface area contributed by atoms with Crippen LogP contribution in [0.3, 0.4) is 0 Å². The maximum absolute atomic E-state index is 10.8. The lowest BCUT2D eigenvalue weighted by molar-refractivity contribution is -0.110. The van der Waals surface area contributed by atoms with Crippen LogP contribution in [0, 0.1) is 0 Å². The molecule has 90 valence electrons. The van der Waals surface area contributed by atoms with Gasteiger partial charge in [0.25, 0.3) is 5.24 Å². The second-order valence-corrected chi connectivity index (χ2v) is 4.06. The number of hydrogen-bond donors (Lipinski definition) is 1. The molecule has 0 bridgehead atoms. The highest BCUT2D eigenvalue weighted by molar-refractivity contribution is 6.67. The van der Waals surface area contributed by atoms with Crippen LogP contribution in [0.1, 0.15) is 25.8 Å². The first-order chi connectivity index (χ1) is 8.06. The highest BCUT2D eigenvalue weighted by Crippen LogP contribution is 2.23. The second kappa shape index (κ2) is 6.26. The molecule has 3 heteroatoms. The first-order valence-electron chi connectivity index (χ1n) is 5.42. The van der Waals surface area contributed by atoms with E-state index in [9.17, 15) is 9.90 Å². The number of aliphatic hydroxyl groups excluding tert-OH is 1. The molecule has 17 heavy (non-hydrogen) atoms. The Morgan fingerprint density at radius 1 is 1.35 bits per heavy atom. The summed E-state index contributed by atoms with van der Waals surface area (Å²) in [6.45, 7) is 3.98. The largest absolute Gasteiger partial charge is 0.503 e. The van der Waals surface area contributed by atoms with Crippen molar-refractivity contribution < 1.29 is 9.90 Å². The van der Waals surface area contributed by atoms with Crippen LogP contribution in [0.2, 0.25) is 0 Å². The van der Waals surface area contributed by atoms with Crippen molar-refractivity contribution in [1.29, 1.82) is 0 Å². The summed E-state index contributed by atoms with van der Waals surface area (Å²) < 4.78 is 0. The van der Waals surface area contributed by atoms with E-state index in [1.807, 2.05) is 44.2 Å². The predicted molar refractivity (Wildman–Crippen MR) is 70.9 cm³/mol. The molecule has 0 atom stereocenters. The minimum atomic E-state index is -0.845. The molecule has 0 heterocycles. The van der Waals surface area contributed by atoms with Gasteiger partial charge in [0.1, 0.15) is 0 Å². The average molecular weight is 251 g/mol. The summed E-state index contributed by atoms with van der Waals surface area (Å²) in [5.74, 6) is -0.432. The van der Waals surface area contributed by atoms with Crippen molar-refractivity contribution in [3.8, 4) is 0 Å². The molecule has 1 N–H and O–H groups in total. The van der Waals surface area contributed by atoms with Crippen molar-refractivity contribution in [3.63, 3.8) is 0 Å². The fourth-order valence-corrected chi connectivity index (χ4v) is 1.51. The van der Waals surface area contributed by atoms with Crippen molar-refractivity contribution in [1.82, 2.24) is 0 Å². The second-order valence-electron chi connectivity index (χ2n) is 3.72. The van der Waals surface area contributed by atoms with E-state index in [4.69, 9.17) is 11.6 Å². The van der Waals surface area contributed by atoms with Crippen LogP contribution in [-0.4, -0.2) is 10.3 Å². The molecule has 0 aliphatic rings. The summed E-state index contributed by atoms with van der Waals surface area (Å²) in [6.07, 6.45) is 2.26. The fraction of sp³-hybridized carbons (Fsp3) is 0.214. The Hall–Kier alpha value is -1.54. The van der Waals surface area contributed by atoms with E-state index in [-0.39, 0.29) is 0 Å². The minimum Gasteiger partial charge on any atom is -0.503 e. The number of benzene rings is 1. The van der Waals surface area contributed by atoms with Gasteiger partial charge < -0.3 is 5.11 Å². The molecule has 0 aliphatic carbocycles. The van der Waals surface area contributed by atoms with Gasteiger partial charge in [-0.15, -0.1) is 0 Å². The Labute approximate surface area is 106 Å². The van der Waals surface area contributed by atoms with E-state index in [2.05, 4.69) is 0 Å². The zero-order valence-corrected chi connectivity index (χ0v) is 10.7. The highest BCUT2D eigenvalue weighted by Gasteiger charge is 2.07. The quantitative estimate of drug-likeness (QED) is 0.378. The molecule has 2 nitrogen and oxygen atoms in total. The molecule has 0 aliphatic heterocycles.